The number of anilines is 1. The molecule has 0 bridgehead atoms. The summed E-state index contributed by atoms with van der Waals surface area (Å²) in [5.74, 6) is -0.900. The van der Waals surface area contributed by atoms with Crippen LogP contribution in [-0.2, 0) is 0 Å². The monoisotopic (exact) mass is 326 g/mol. The van der Waals surface area contributed by atoms with E-state index in [2.05, 4.69) is 39.8 Å². The van der Waals surface area contributed by atoms with E-state index in [9.17, 15) is 4.79 Å². The highest BCUT2D eigenvalue weighted by molar-refractivity contribution is 9.10. The Bertz CT molecular complexity index is 477. The van der Waals surface area contributed by atoms with E-state index in [1.807, 2.05) is 12.1 Å². The maximum atomic E-state index is 11.0. The van der Waals surface area contributed by atoms with Crippen molar-refractivity contribution in [1.29, 1.82) is 0 Å². The molecule has 0 spiro atoms. The molecule has 1 aliphatic heterocycles. The van der Waals surface area contributed by atoms with Crippen molar-refractivity contribution in [1.82, 2.24) is 4.90 Å². The molecule has 1 aromatic carbocycles. The van der Waals surface area contributed by atoms with Crippen molar-refractivity contribution in [2.24, 2.45) is 0 Å². The molecule has 1 aliphatic rings. The lowest BCUT2D eigenvalue weighted by atomic mass is 10.0. The molecular weight excluding hydrogens is 308 g/mol. The van der Waals surface area contributed by atoms with E-state index in [-0.39, 0.29) is 0 Å². The SMILES string of the molecule is CN(C)C1CCCN(c2ccc(C(=O)O)c(Br)c2)C1. The second-order valence-corrected chi connectivity index (χ2v) is 6.03. The van der Waals surface area contributed by atoms with Crippen LogP contribution >= 0.6 is 15.9 Å². The lowest BCUT2D eigenvalue weighted by Gasteiger charge is -2.37. The lowest BCUT2D eigenvalue weighted by Crippen LogP contribution is -2.45. The van der Waals surface area contributed by atoms with Gasteiger partial charge < -0.3 is 14.9 Å². The molecule has 1 saturated heterocycles. The number of carboxylic acid groups (broad SMARTS) is 1. The number of halogens is 1. The number of rotatable bonds is 3. The molecule has 104 valence electrons. The third-order valence-corrected chi connectivity index (χ3v) is 4.33. The number of likely N-dealkylation sites (N-methyl/N-ethyl adjacent to an activating group) is 1. The number of hydrogen-bond donors (Lipinski definition) is 1. The van der Waals surface area contributed by atoms with E-state index in [4.69, 9.17) is 5.11 Å². The highest BCUT2D eigenvalue weighted by Crippen LogP contribution is 2.27. The van der Waals surface area contributed by atoms with Gasteiger partial charge in [-0.05, 0) is 61.1 Å². The molecule has 1 unspecified atom stereocenters. The van der Waals surface area contributed by atoms with Gasteiger partial charge in [0.05, 0.1) is 5.56 Å². The van der Waals surface area contributed by atoms with Gasteiger partial charge in [-0.15, -0.1) is 0 Å². The molecule has 0 aromatic heterocycles. The summed E-state index contributed by atoms with van der Waals surface area (Å²) in [5, 5.41) is 9.03. The molecule has 0 amide bonds. The summed E-state index contributed by atoms with van der Waals surface area (Å²) in [7, 11) is 4.22. The quantitative estimate of drug-likeness (QED) is 0.927. The van der Waals surface area contributed by atoms with Crippen LogP contribution in [0, 0.1) is 0 Å². The van der Waals surface area contributed by atoms with Gasteiger partial charge in [0.1, 0.15) is 0 Å². The van der Waals surface area contributed by atoms with Crippen LogP contribution < -0.4 is 4.90 Å². The van der Waals surface area contributed by atoms with Crippen molar-refractivity contribution in [2.45, 2.75) is 18.9 Å². The topological polar surface area (TPSA) is 43.8 Å². The first-order chi connectivity index (χ1) is 8.99. The Morgan fingerprint density at radius 2 is 2.21 bits per heavy atom. The molecule has 0 radical (unpaired) electrons. The lowest BCUT2D eigenvalue weighted by molar-refractivity contribution is 0.0696. The summed E-state index contributed by atoms with van der Waals surface area (Å²) in [6.45, 7) is 2.02. The zero-order valence-electron chi connectivity index (χ0n) is 11.3. The molecule has 1 N–H and O–H groups in total. The number of aromatic carboxylic acids is 1. The number of benzene rings is 1. The van der Waals surface area contributed by atoms with E-state index in [0.29, 0.717) is 16.1 Å². The minimum Gasteiger partial charge on any atom is -0.478 e. The van der Waals surface area contributed by atoms with Crippen LogP contribution in [0.3, 0.4) is 0 Å². The molecule has 1 atom stereocenters. The van der Waals surface area contributed by atoms with E-state index < -0.39 is 5.97 Å². The number of hydrogen-bond acceptors (Lipinski definition) is 3. The zero-order valence-corrected chi connectivity index (χ0v) is 12.9. The predicted octanol–water partition coefficient (Wildman–Crippen LogP) is 2.68. The Morgan fingerprint density at radius 1 is 1.47 bits per heavy atom. The average Bonchev–Trinajstić information content (AvgIpc) is 2.38. The van der Waals surface area contributed by atoms with Crippen molar-refractivity contribution < 1.29 is 9.90 Å². The minimum atomic E-state index is -0.900. The Balaban J connectivity index is 2.18. The fraction of sp³-hybridized carbons (Fsp3) is 0.500. The maximum Gasteiger partial charge on any atom is 0.336 e. The van der Waals surface area contributed by atoms with Crippen molar-refractivity contribution >= 4 is 27.6 Å². The highest BCUT2D eigenvalue weighted by Gasteiger charge is 2.22. The Morgan fingerprint density at radius 3 is 2.79 bits per heavy atom. The first-order valence-corrected chi connectivity index (χ1v) is 7.22. The van der Waals surface area contributed by atoms with Gasteiger partial charge in [0, 0.05) is 29.3 Å². The highest BCUT2D eigenvalue weighted by atomic mass is 79.9. The van der Waals surface area contributed by atoms with Crippen molar-refractivity contribution in [3.05, 3.63) is 28.2 Å². The van der Waals surface area contributed by atoms with Crippen LogP contribution in [-0.4, -0.2) is 49.2 Å². The molecule has 5 heteroatoms. The van der Waals surface area contributed by atoms with Gasteiger partial charge in [-0.2, -0.15) is 0 Å². The van der Waals surface area contributed by atoms with E-state index in [1.54, 1.807) is 6.07 Å². The standard InChI is InChI=1S/C14H19BrN2O2/c1-16(2)11-4-3-7-17(9-11)10-5-6-12(14(18)19)13(15)8-10/h5-6,8,11H,3-4,7,9H2,1-2H3,(H,18,19). The van der Waals surface area contributed by atoms with E-state index in [1.165, 1.54) is 12.8 Å². The average molecular weight is 327 g/mol. The van der Waals surface area contributed by atoms with Crippen molar-refractivity contribution in [2.75, 3.05) is 32.1 Å². The van der Waals surface area contributed by atoms with Gasteiger partial charge in [-0.25, -0.2) is 4.79 Å². The van der Waals surface area contributed by atoms with Gasteiger partial charge in [-0.1, -0.05) is 0 Å². The maximum absolute atomic E-state index is 11.0. The second-order valence-electron chi connectivity index (χ2n) is 5.17. The van der Waals surface area contributed by atoms with Crippen LogP contribution in [0.5, 0.6) is 0 Å². The van der Waals surface area contributed by atoms with Gasteiger partial charge in [0.15, 0.2) is 0 Å². The normalized spacial score (nSPS) is 19.8. The first kappa shape index (κ1) is 14.3. The van der Waals surface area contributed by atoms with Gasteiger partial charge >= 0.3 is 5.97 Å². The largest absolute Gasteiger partial charge is 0.478 e. The summed E-state index contributed by atoms with van der Waals surface area (Å²) < 4.78 is 0.643. The Hall–Kier alpha value is -1.07. The van der Waals surface area contributed by atoms with Crippen LogP contribution in [0.25, 0.3) is 0 Å². The van der Waals surface area contributed by atoms with Gasteiger partial charge in [-0.3, -0.25) is 0 Å². The van der Waals surface area contributed by atoms with Crippen LogP contribution in [0.15, 0.2) is 22.7 Å². The number of piperidine rings is 1. The summed E-state index contributed by atoms with van der Waals surface area (Å²) in [6, 6.07) is 6.03. The molecular formula is C14H19BrN2O2. The molecule has 1 heterocycles. The smallest absolute Gasteiger partial charge is 0.336 e. The predicted molar refractivity (Wildman–Crippen MR) is 80.0 cm³/mol. The van der Waals surface area contributed by atoms with Gasteiger partial charge in [0.2, 0.25) is 0 Å². The third-order valence-electron chi connectivity index (χ3n) is 3.68. The van der Waals surface area contributed by atoms with Crippen LogP contribution in [0.1, 0.15) is 23.2 Å². The van der Waals surface area contributed by atoms with Crippen molar-refractivity contribution in [3.63, 3.8) is 0 Å². The summed E-state index contributed by atoms with van der Waals surface area (Å²) >= 11 is 3.34. The first-order valence-electron chi connectivity index (χ1n) is 6.43. The minimum absolute atomic E-state index is 0.310. The summed E-state index contributed by atoms with van der Waals surface area (Å²) in [4.78, 5) is 15.6. The Labute approximate surface area is 122 Å². The fourth-order valence-corrected chi connectivity index (χ4v) is 3.02. The van der Waals surface area contributed by atoms with E-state index in [0.717, 1.165) is 18.8 Å². The molecule has 0 aliphatic carbocycles. The van der Waals surface area contributed by atoms with Gasteiger partial charge in [0.25, 0.3) is 0 Å². The van der Waals surface area contributed by atoms with Crippen LogP contribution in [0.4, 0.5) is 5.69 Å². The zero-order chi connectivity index (χ0) is 14.0. The molecule has 1 aromatic rings. The fourth-order valence-electron chi connectivity index (χ4n) is 2.48. The molecule has 4 nitrogen and oxygen atoms in total. The van der Waals surface area contributed by atoms with E-state index >= 15 is 0 Å². The number of carbonyl (C=O) groups is 1. The number of carboxylic acids is 1. The Kier molecular flexibility index (Phi) is 4.47. The van der Waals surface area contributed by atoms with Crippen LogP contribution in [0.2, 0.25) is 0 Å². The second kappa shape index (κ2) is 5.92. The molecule has 2 rings (SSSR count). The van der Waals surface area contributed by atoms with Crippen molar-refractivity contribution in [3.8, 4) is 0 Å². The number of nitrogens with zero attached hydrogens (tertiary/aromatic N) is 2. The summed E-state index contributed by atoms with van der Waals surface area (Å²) in [5.41, 5.74) is 1.40. The molecule has 19 heavy (non-hydrogen) atoms. The molecule has 0 saturated carbocycles. The molecule has 1 fully saturated rings. The summed E-state index contributed by atoms with van der Waals surface area (Å²) in [6.07, 6.45) is 2.39. The third kappa shape index (κ3) is 3.28.